The Labute approximate surface area is 125 Å². The maximum absolute atomic E-state index is 11.9. The normalized spacial score (nSPS) is 25.7. The number of cyclic esters (lactones) is 1. The summed E-state index contributed by atoms with van der Waals surface area (Å²) >= 11 is 0. The largest absolute Gasteiger partial charge is 0.444 e. The summed E-state index contributed by atoms with van der Waals surface area (Å²) in [7, 11) is 0. The zero-order valence-electron chi connectivity index (χ0n) is 13.0. The highest BCUT2D eigenvalue weighted by atomic mass is 16.6. The lowest BCUT2D eigenvalue weighted by atomic mass is 10.1. The summed E-state index contributed by atoms with van der Waals surface area (Å²) in [6.07, 6.45) is 0.285. The van der Waals surface area contributed by atoms with Gasteiger partial charge in [-0.3, -0.25) is 0 Å². The number of nitrogens with one attached hydrogen (secondary N) is 2. The van der Waals surface area contributed by atoms with Gasteiger partial charge in [-0.2, -0.15) is 0 Å². The van der Waals surface area contributed by atoms with Crippen molar-refractivity contribution in [1.29, 1.82) is 0 Å². The topological polar surface area (TPSA) is 79.9 Å². The van der Waals surface area contributed by atoms with Crippen LogP contribution in [-0.4, -0.2) is 61.5 Å². The predicted molar refractivity (Wildman–Crippen MR) is 77.1 cm³/mol. The molecule has 2 atom stereocenters. The molecule has 0 spiro atoms. The quantitative estimate of drug-likeness (QED) is 0.807. The van der Waals surface area contributed by atoms with Crippen molar-refractivity contribution < 1.29 is 19.1 Å². The van der Waals surface area contributed by atoms with Crippen LogP contribution in [0.5, 0.6) is 0 Å². The number of likely N-dealkylation sites (tertiary alicyclic amines) is 1. The van der Waals surface area contributed by atoms with E-state index in [-0.39, 0.29) is 18.3 Å². The van der Waals surface area contributed by atoms with Crippen LogP contribution in [-0.2, 0) is 9.47 Å². The molecule has 120 valence electrons. The summed E-state index contributed by atoms with van der Waals surface area (Å²) in [6, 6.07) is 0. The average molecular weight is 299 g/mol. The molecule has 2 aliphatic heterocycles. The van der Waals surface area contributed by atoms with Gasteiger partial charge in [-0.25, -0.2) is 9.59 Å². The lowest BCUT2D eigenvalue weighted by Gasteiger charge is -2.24. The minimum atomic E-state index is -0.452. The molecule has 2 N–H and O–H groups in total. The fraction of sp³-hybridized carbons (Fsp3) is 0.857. The van der Waals surface area contributed by atoms with Crippen molar-refractivity contribution in [2.45, 2.75) is 38.9 Å². The van der Waals surface area contributed by atoms with Crippen LogP contribution in [0.15, 0.2) is 0 Å². The second kappa shape index (κ2) is 6.51. The summed E-state index contributed by atoms with van der Waals surface area (Å²) in [4.78, 5) is 24.6. The minimum Gasteiger partial charge on any atom is -0.444 e. The highest BCUT2D eigenvalue weighted by Gasteiger charge is 2.30. The number of alkyl carbamates (subject to hydrolysis) is 1. The Morgan fingerprint density at radius 1 is 1.48 bits per heavy atom. The molecule has 2 amide bonds. The van der Waals surface area contributed by atoms with Crippen molar-refractivity contribution in [3.05, 3.63) is 0 Å². The van der Waals surface area contributed by atoms with Crippen LogP contribution in [0.2, 0.25) is 0 Å². The molecular formula is C14H25N3O4. The Morgan fingerprint density at radius 3 is 2.86 bits per heavy atom. The van der Waals surface area contributed by atoms with Crippen molar-refractivity contribution in [2.75, 3.05) is 32.7 Å². The molecule has 2 saturated heterocycles. The van der Waals surface area contributed by atoms with E-state index in [4.69, 9.17) is 9.47 Å². The number of hydrogen-bond acceptors (Lipinski definition) is 5. The van der Waals surface area contributed by atoms with Gasteiger partial charge in [0, 0.05) is 19.6 Å². The van der Waals surface area contributed by atoms with Gasteiger partial charge in [-0.15, -0.1) is 0 Å². The molecule has 7 heteroatoms. The Kier molecular flexibility index (Phi) is 4.92. The highest BCUT2D eigenvalue weighted by molar-refractivity contribution is 5.69. The molecule has 0 bridgehead atoms. The van der Waals surface area contributed by atoms with E-state index in [2.05, 4.69) is 10.6 Å². The molecule has 0 saturated carbocycles. The maximum atomic E-state index is 11.9. The summed E-state index contributed by atoms with van der Waals surface area (Å²) in [5.41, 5.74) is -0.452. The third-order valence-corrected chi connectivity index (χ3v) is 3.49. The number of nitrogens with zero attached hydrogens (tertiary/aromatic N) is 1. The molecule has 2 fully saturated rings. The van der Waals surface area contributed by atoms with Crippen molar-refractivity contribution in [2.24, 2.45) is 5.92 Å². The second-order valence-electron chi connectivity index (χ2n) is 6.65. The second-order valence-corrected chi connectivity index (χ2v) is 6.65. The van der Waals surface area contributed by atoms with Crippen molar-refractivity contribution in [3.63, 3.8) is 0 Å². The summed E-state index contributed by atoms with van der Waals surface area (Å²) in [5.74, 6) is 0.419. The summed E-state index contributed by atoms with van der Waals surface area (Å²) < 4.78 is 10.4. The zero-order chi connectivity index (χ0) is 15.5. The first-order valence-corrected chi connectivity index (χ1v) is 7.46. The third-order valence-electron chi connectivity index (χ3n) is 3.49. The van der Waals surface area contributed by atoms with E-state index in [0.29, 0.717) is 25.6 Å². The van der Waals surface area contributed by atoms with Gasteiger partial charge in [0.15, 0.2) is 0 Å². The Morgan fingerprint density at radius 2 is 2.24 bits per heavy atom. The minimum absolute atomic E-state index is 0.0964. The van der Waals surface area contributed by atoms with Crippen molar-refractivity contribution in [1.82, 2.24) is 15.5 Å². The monoisotopic (exact) mass is 299 g/mol. The van der Waals surface area contributed by atoms with Crippen LogP contribution in [0, 0.1) is 5.92 Å². The molecule has 0 aliphatic carbocycles. The molecule has 7 nitrogen and oxygen atoms in total. The molecular weight excluding hydrogens is 274 g/mol. The first-order chi connectivity index (χ1) is 9.83. The third kappa shape index (κ3) is 5.08. The highest BCUT2D eigenvalue weighted by Crippen LogP contribution is 2.18. The van der Waals surface area contributed by atoms with E-state index in [1.54, 1.807) is 4.90 Å². The molecule has 2 heterocycles. The van der Waals surface area contributed by atoms with Gasteiger partial charge in [0.1, 0.15) is 11.7 Å². The van der Waals surface area contributed by atoms with Gasteiger partial charge in [-0.1, -0.05) is 0 Å². The van der Waals surface area contributed by atoms with Crippen LogP contribution in [0.4, 0.5) is 9.59 Å². The lowest BCUT2D eigenvalue weighted by molar-refractivity contribution is 0.0288. The van der Waals surface area contributed by atoms with E-state index in [9.17, 15) is 9.59 Å². The average Bonchev–Trinajstić information content (AvgIpc) is 2.97. The Bertz CT molecular complexity index is 394. The maximum Gasteiger partial charge on any atom is 0.410 e. The number of rotatable bonds is 4. The molecule has 0 aromatic heterocycles. The van der Waals surface area contributed by atoms with Gasteiger partial charge in [0.25, 0.3) is 0 Å². The van der Waals surface area contributed by atoms with Gasteiger partial charge in [-0.05, 0) is 39.7 Å². The molecule has 0 aromatic rings. The molecule has 0 radical (unpaired) electrons. The first kappa shape index (κ1) is 15.9. The molecule has 0 unspecified atom stereocenters. The lowest BCUT2D eigenvalue weighted by Crippen LogP contribution is -2.37. The summed E-state index contributed by atoms with van der Waals surface area (Å²) in [5, 5.41) is 5.92. The van der Waals surface area contributed by atoms with E-state index in [1.807, 2.05) is 20.8 Å². The zero-order valence-corrected chi connectivity index (χ0v) is 13.0. The van der Waals surface area contributed by atoms with Crippen LogP contribution in [0.1, 0.15) is 27.2 Å². The molecule has 21 heavy (non-hydrogen) atoms. The van der Waals surface area contributed by atoms with Gasteiger partial charge >= 0.3 is 12.2 Å². The Balaban J connectivity index is 1.63. The van der Waals surface area contributed by atoms with Gasteiger partial charge in [0.2, 0.25) is 0 Å². The van der Waals surface area contributed by atoms with Crippen molar-refractivity contribution >= 4 is 12.2 Å². The van der Waals surface area contributed by atoms with Crippen LogP contribution >= 0.6 is 0 Å². The Hall–Kier alpha value is -1.50. The van der Waals surface area contributed by atoms with Crippen LogP contribution in [0.3, 0.4) is 0 Å². The van der Waals surface area contributed by atoms with Gasteiger partial charge in [0.05, 0.1) is 6.54 Å². The van der Waals surface area contributed by atoms with E-state index < -0.39 is 5.60 Å². The fourth-order valence-electron chi connectivity index (χ4n) is 2.49. The summed E-state index contributed by atoms with van der Waals surface area (Å²) in [6.45, 7) is 9.08. The number of hydrogen-bond donors (Lipinski definition) is 2. The number of ether oxygens (including phenoxy) is 2. The number of carbonyl (C=O) groups excluding carboxylic acids is 2. The smallest absolute Gasteiger partial charge is 0.410 e. The predicted octanol–water partition coefficient (Wildman–Crippen LogP) is 0.941. The molecule has 0 aromatic carbocycles. The van der Waals surface area contributed by atoms with E-state index in [0.717, 1.165) is 19.5 Å². The van der Waals surface area contributed by atoms with E-state index in [1.165, 1.54) is 0 Å². The fourth-order valence-corrected chi connectivity index (χ4v) is 2.49. The standard InChI is InChI=1S/C14H25N3O4/c1-14(2,3)21-13(19)17-5-4-10(9-17)6-15-7-11-8-16-12(18)20-11/h10-11,15H,4-9H2,1-3H3,(H,16,18)/t10-,11-/m0/s1. The van der Waals surface area contributed by atoms with Gasteiger partial charge < -0.3 is 25.0 Å². The molecule has 2 rings (SSSR count). The molecule has 2 aliphatic rings. The SMILES string of the molecule is CC(C)(C)OC(=O)N1CC[C@@H](CNC[C@H]2CNC(=O)O2)C1. The first-order valence-electron chi connectivity index (χ1n) is 7.46. The van der Waals surface area contributed by atoms with E-state index >= 15 is 0 Å². The van der Waals surface area contributed by atoms with Crippen molar-refractivity contribution in [3.8, 4) is 0 Å². The van der Waals surface area contributed by atoms with Crippen LogP contribution in [0.25, 0.3) is 0 Å². The number of amides is 2. The number of carbonyl (C=O) groups is 2. The van der Waals surface area contributed by atoms with Crippen LogP contribution < -0.4 is 10.6 Å².